The van der Waals surface area contributed by atoms with Crippen molar-refractivity contribution in [2.75, 3.05) is 26.2 Å². The van der Waals surface area contributed by atoms with Gasteiger partial charge in [0.15, 0.2) is 0 Å². The number of nitrogens with zero attached hydrogens (tertiary/aromatic N) is 2. The lowest BCUT2D eigenvalue weighted by Crippen LogP contribution is -2.35. The maximum Gasteiger partial charge on any atom is 0.143 e. The second-order valence-electron chi connectivity index (χ2n) is 25.8. The van der Waals surface area contributed by atoms with E-state index in [1.807, 2.05) is 0 Å². The van der Waals surface area contributed by atoms with E-state index in [9.17, 15) is 0 Å². The topological polar surface area (TPSA) is 6.48 Å². The molecule has 0 atom stereocenters. The van der Waals surface area contributed by atoms with Gasteiger partial charge in [0.2, 0.25) is 0 Å². The molecule has 0 fully saturated rings. The van der Waals surface area contributed by atoms with Gasteiger partial charge in [-0.25, -0.2) is 0 Å². The number of thiocarbonyl (C=S) groups is 2. The van der Waals surface area contributed by atoms with Gasteiger partial charge in [-0.3, -0.25) is 0 Å². The molecular formula is C74H148N2S3. The van der Waals surface area contributed by atoms with E-state index in [1.54, 1.807) is 11.8 Å². The normalized spacial score (nSPS) is 11.6. The van der Waals surface area contributed by atoms with Crippen LogP contribution in [0.5, 0.6) is 0 Å². The largest absolute Gasteiger partial charge is 0.357 e. The van der Waals surface area contributed by atoms with Crippen molar-refractivity contribution in [1.82, 2.24) is 9.80 Å². The van der Waals surface area contributed by atoms with Crippen LogP contribution in [-0.4, -0.2) is 44.6 Å². The first-order valence-electron chi connectivity index (χ1n) is 37.4. The van der Waals surface area contributed by atoms with Gasteiger partial charge in [-0.05, 0) is 37.4 Å². The average molecular weight is 1160 g/mol. The molecule has 0 rings (SSSR count). The summed E-state index contributed by atoms with van der Waals surface area (Å²) in [4.78, 5) is 5.20. The van der Waals surface area contributed by atoms with Gasteiger partial charge in [-0.2, -0.15) is 0 Å². The van der Waals surface area contributed by atoms with Crippen LogP contribution in [0, 0.1) is 0 Å². The van der Waals surface area contributed by atoms with Crippen LogP contribution in [-0.2, 0) is 0 Å². The van der Waals surface area contributed by atoms with Gasteiger partial charge in [-0.15, -0.1) is 0 Å². The number of rotatable bonds is 68. The van der Waals surface area contributed by atoms with Crippen molar-refractivity contribution < 1.29 is 0 Å². The van der Waals surface area contributed by atoms with Crippen molar-refractivity contribution >= 4 is 44.8 Å². The van der Waals surface area contributed by atoms with Crippen LogP contribution in [0.3, 0.4) is 0 Å². The van der Waals surface area contributed by atoms with E-state index in [1.165, 1.54) is 411 Å². The van der Waals surface area contributed by atoms with Gasteiger partial charge in [0.1, 0.15) is 8.64 Å². The number of hydrogen-bond donors (Lipinski definition) is 0. The maximum absolute atomic E-state index is 6.37. The van der Waals surface area contributed by atoms with Crippen LogP contribution in [0.25, 0.3) is 0 Å². The van der Waals surface area contributed by atoms with Crippen molar-refractivity contribution in [2.24, 2.45) is 0 Å². The molecule has 0 aromatic heterocycles. The first-order valence-corrected chi connectivity index (χ1v) is 39.0. The minimum Gasteiger partial charge on any atom is -0.357 e. The highest BCUT2D eigenvalue weighted by Crippen LogP contribution is 2.23. The first-order chi connectivity index (χ1) is 39.1. The lowest BCUT2D eigenvalue weighted by molar-refractivity contribution is 0.391. The molecule has 0 saturated carbocycles. The fourth-order valence-corrected chi connectivity index (χ4v) is 14.0. The third-order valence-corrected chi connectivity index (χ3v) is 19.7. The Morgan fingerprint density at radius 2 is 0.278 bits per heavy atom. The third kappa shape index (κ3) is 64.0. The maximum atomic E-state index is 6.37. The lowest BCUT2D eigenvalue weighted by Gasteiger charge is -2.29. The Morgan fingerprint density at radius 1 is 0.177 bits per heavy atom. The molecule has 0 radical (unpaired) electrons. The van der Waals surface area contributed by atoms with Gasteiger partial charge < -0.3 is 9.80 Å². The van der Waals surface area contributed by atoms with Crippen LogP contribution in [0.1, 0.15) is 439 Å². The molecule has 5 heteroatoms. The van der Waals surface area contributed by atoms with Crippen molar-refractivity contribution in [2.45, 2.75) is 439 Å². The van der Waals surface area contributed by atoms with Gasteiger partial charge in [0.25, 0.3) is 0 Å². The minimum absolute atomic E-state index is 1.07. The monoisotopic (exact) mass is 1160 g/mol. The fourth-order valence-electron chi connectivity index (χ4n) is 12.2. The molecule has 2 nitrogen and oxygen atoms in total. The Hall–Kier alpha value is 0.130. The Morgan fingerprint density at radius 3 is 0.392 bits per heavy atom. The summed E-state index contributed by atoms with van der Waals surface area (Å²) in [5.74, 6) is 0. The van der Waals surface area contributed by atoms with E-state index in [2.05, 4.69) is 37.5 Å². The van der Waals surface area contributed by atoms with Crippen molar-refractivity contribution in [3.05, 3.63) is 0 Å². The van der Waals surface area contributed by atoms with E-state index >= 15 is 0 Å². The molecule has 0 heterocycles. The SMILES string of the molecule is CCCCCCCCCCCCCCCCCCN(CCCCCCCCCCCCCCCCCC)C(=S)SC(=S)N(CCCCCCCCCCCCCCCCCC)CCCCCCCCCCCCCCCCCC. The summed E-state index contributed by atoms with van der Waals surface area (Å²) in [5.41, 5.74) is 0. The fraction of sp³-hybridized carbons (Fsp3) is 0.973. The molecule has 0 aliphatic rings. The minimum atomic E-state index is 1.07. The van der Waals surface area contributed by atoms with Gasteiger partial charge >= 0.3 is 0 Å². The van der Waals surface area contributed by atoms with Crippen molar-refractivity contribution in [3.8, 4) is 0 Å². The summed E-state index contributed by atoms with van der Waals surface area (Å²) in [5, 5.41) is 0. The zero-order chi connectivity index (χ0) is 57.1. The Labute approximate surface area is 516 Å². The molecule has 0 unspecified atom stereocenters. The highest BCUT2D eigenvalue weighted by atomic mass is 32.2. The van der Waals surface area contributed by atoms with Gasteiger partial charge in [-0.1, -0.05) is 437 Å². The molecule has 0 saturated heterocycles. The highest BCUT2D eigenvalue weighted by Gasteiger charge is 2.17. The van der Waals surface area contributed by atoms with Crippen LogP contribution in [0.2, 0.25) is 0 Å². The number of unbranched alkanes of at least 4 members (excludes halogenated alkanes) is 60. The second-order valence-corrected chi connectivity index (χ2v) is 28.1. The van der Waals surface area contributed by atoms with Crippen LogP contribution in [0.4, 0.5) is 0 Å². The standard InChI is InChI=1S/C74H148N2S3/c1-5-9-13-17-21-25-29-33-37-41-45-49-53-57-61-65-69-75(70-66-62-58-54-50-46-42-38-34-30-26-22-18-14-10-6-2)73(77)79-74(78)76(71-67-63-59-55-51-47-43-39-35-31-27-23-19-15-11-7-3)72-68-64-60-56-52-48-44-40-36-32-28-24-20-16-12-8-4/h5-72H2,1-4H3. The average Bonchev–Trinajstić information content (AvgIpc) is 3.45. The molecular weight excluding hydrogens is 1010 g/mol. The zero-order valence-electron chi connectivity index (χ0n) is 55.2. The van der Waals surface area contributed by atoms with Crippen LogP contribution >= 0.6 is 36.2 Å². The van der Waals surface area contributed by atoms with Crippen LogP contribution < -0.4 is 0 Å². The lowest BCUT2D eigenvalue weighted by atomic mass is 10.0. The van der Waals surface area contributed by atoms with Crippen LogP contribution in [0.15, 0.2) is 0 Å². The molecule has 0 N–H and O–H groups in total. The predicted molar refractivity (Wildman–Crippen MR) is 374 cm³/mol. The van der Waals surface area contributed by atoms with E-state index in [0.717, 1.165) is 34.8 Å². The number of hydrogen-bond acceptors (Lipinski definition) is 3. The molecule has 472 valence electrons. The van der Waals surface area contributed by atoms with E-state index in [4.69, 9.17) is 24.4 Å². The summed E-state index contributed by atoms with van der Waals surface area (Å²) in [6.45, 7) is 13.7. The zero-order valence-corrected chi connectivity index (χ0v) is 57.7. The summed E-state index contributed by atoms with van der Waals surface area (Å²) >= 11 is 14.5. The summed E-state index contributed by atoms with van der Waals surface area (Å²) < 4.78 is 2.13. The molecule has 0 spiro atoms. The van der Waals surface area contributed by atoms with E-state index in [-0.39, 0.29) is 0 Å². The smallest absolute Gasteiger partial charge is 0.143 e. The summed E-state index contributed by atoms with van der Waals surface area (Å²) in [6, 6.07) is 0. The van der Waals surface area contributed by atoms with Crippen molar-refractivity contribution in [3.63, 3.8) is 0 Å². The predicted octanol–water partition coefficient (Wildman–Crippen LogP) is 27.9. The molecule has 0 aromatic carbocycles. The van der Waals surface area contributed by atoms with E-state index < -0.39 is 0 Å². The molecule has 0 aliphatic carbocycles. The summed E-state index contributed by atoms with van der Waals surface area (Å²) in [6.07, 6.45) is 90.9. The van der Waals surface area contributed by atoms with Gasteiger partial charge in [0, 0.05) is 26.2 Å². The molecule has 0 bridgehead atoms. The number of thioether (sulfide) groups is 1. The molecule has 79 heavy (non-hydrogen) atoms. The second kappa shape index (κ2) is 70.6. The third-order valence-electron chi connectivity index (χ3n) is 17.8. The molecule has 0 amide bonds. The Kier molecular flexibility index (Phi) is 70.7. The van der Waals surface area contributed by atoms with Gasteiger partial charge in [0.05, 0.1) is 0 Å². The molecule has 0 aromatic rings. The quantitative estimate of drug-likeness (QED) is 0.0441. The highest BCUT2D eigenvalue weighted by molar-refractivity contribution is 8.37. The Balaban J connectivity index is 5.03. The van der Waals surface area contributed by atoms with E-state index in [0.29, 0.717) is 0 Å². The van der Waals surface area contributed by atoms with Crippen molar-refractivity contribution in [1.29, 1.82) is 0 Å². The summed E-state index contributed by atoms with van der Waals surface area (Å²) in [7, 11) is 0. The molecule has 0 aliphatic heterocycles. The Bertz CT molecular complexity index is 987. The first kappa shape index (κ1) is 79.1.